The van der Waals surface area contributed by atoms with Gasteiger partial charge in [-0.15, -0.1) is 12.4 Å². The number of rotatable bonds is 6. The Kier molecular flexibility index (Phi) is 8.88. The fourth-order valence-electron chi connectivity index (χ4n) is 3.27. The van der Waals surface area contributed by atoms with E-state index in [1.54, 1.807) is 39.4 Å². The molecule has 0 radical (unpaired) electrons. The van der Waals surface area contributed by atoms with E-state index in [1.165, 1.54) is 4.90 Å². The standard InChI is InChI=1S/C19H29N3O3.ClH/c1-13(14-7-9-20-10-8-14)11-18(23)21-16-12-15(19(24)22(2)3)5-6-17(16)25-4;/h5-6,12-14,20H,7-11H2,1-4H3,(H,21,23);1H. The summed E-state index contributed by atoms with van der Waals surface area (Å²) in [7, 11) is 4.95. The number of halogens is 1. The molecule has 1 aromatic rings. The monoisotopic (exact) mass is 383 g/mol. The molecule has 1 fully saturated rings. The van der Waals surface area contributed by atoms with Gasteiger partial charge in [-0.1, -0.05) is 6.92 Å². The fraction of sp³-hybridized carbons (Fsp3) is 0.579. The smallest absolute Gasteiger partial charge is 0.253 e. The van der Waals surface area contributed by atoms with E-state index in [4.69, 9.17) is 4.74 Å². The molecule has 2 N–H and O–H groups in total. The van der Waals surface area contributed by atoms with Gasteiger partial charge in [-0.3, -0.25) is 9.59 Å². The van der Waals surface area contributed by atoms with Gasteiger partial charge in [-0.2, -0.15) is 0 Å². The van der Waals surface area contributed by atoms with Crippen molar-refractivity contribution in [3.8, 4) is 5.75 Å². The van der Waals surface area contributed by atoms with Crippen molar-refractivity contribution in [1.82, 2.24) is 10.2 Å². The molecule has 2 rings (SSSR count). The van der Waals surface area contributed by atoms with Crippen LogP contribution in [0.1, 0.15) is 36.5 Å². The van der Waals surface area contributed by atoms with Gasteiger partial charge in [0.25, 0.3) is 5.91 Å². The van der Waals surface area contributed by atoms with Crippen molar-refractivity contribution in [1.29, 1.82) is 0 Å². The molecular formula is C19H30ClN3O3. The molecule has 0 aromatic heterocycles. The van der Waals surface area contributed by atoms with Crippen molar-refractivity contribution < 1.29 is 14.3 Å². The Balaban J connectivity index is 0.00000338. The molecule has 7 heteroatoms. The SMILES string of the molecule is COc1ccc(C(=O)N(C)C)cc1NC(=O)CC(C)C1CCNCC1.Cl. The lowest BCUT2D eigenvalue weighted by atomic mass is 9.84. The van der Waals surface area contributed by atoms with Gasteiger partial charge in [-0.25, -0.2) is 0 Å². The Morgan fingerprint density at radius 3 is 2.54 bits per heavy atom. The van der Waals surface area contributed by atoms with E-state index in [1.807, 2.05) is 0 Å². The van der Waals surface area contributed by atoms with Crippen molar-refractivity contribution in [3.05, 3.63) is 23.8 Å². The predicted octanol–water partition coefficient (Wildman–Crippen LogP) is 2.78. The van der Waals surface area contributed by atoms with Gasteiger partial charge in [0.1, 0.15) is 5.75 Å². The lowest BCUT2D eigenvalue weighted by Gasteiger charge is -2.28. The summed E-state index contributed by atoms with van der Waals surface area (Å²) in [5, 5.41) is 6.27. The first kappa shape index (κ1) is 22.3. The van der Waals surface area contributed by atoms with Crippen LogP contribution in [0.2, 0.25) is 0 Å². The molecule has 146 valence electrons. The third-order valence-corrected chi connectivity index (χ3v) is 4.82. The zero-order valence-corrected chi connectivity index (χ0v) is 16.8. The molecule has 26 heavy (non-hydrogen) atoms. The largest absolute Gasteiger partial charge is 0.495 e. The van der Waals surface area contributed by atoms with E-state index in [2.05, 4.69) is 17.6 Å². The Bertz CT molecular complexity index is 616. The number of ether oxygens (including phenoxy) is 1. The van der Waals surface area contributed by atoms with Crippen LogP contribution in [-0.2, 0) is 4.79 Å². The third kappa shape index (κ3) is 5.88. The highest BCUT2D eigenvalue weighted by Crippen LogP contribution is 2.28. The minimum Gasteiger partial charge on any atom is -0.495 e. The first-order valence-corrected chi connectivity index (χ1v) is 8.82. The summed E-state index contributed by atoms with van der Waals surface area (Å²) >= 11 is 0. The van der Waals surface area contributed by atoms with E-state index in [-0.39, 0.29) is 24.2 Å². The van der Waals surface area contributed by atoms with Crippen molar-refractivity contribution in [3.63, 3.8) is 0 Å². The molecule has 1 aliphatic heterocycles. The van der Waals surface area contributed by atoms with Crippen LogP contribution in [0.3, 0.4) is 0 Å². The third-order valence-electron chi connectivity index (χ3n) is 4.82. The molecule has 0 aliphatic carbocycles. The lowest BCUT2D eigenvalue weighted by molar-refractivity contribution is -0.117. The van der Waals surface area contributed by atoms with Crippen LogP contribution in [0.15, 0.2) is 18.2 Å². The van der Waals surface area contributed by atoms with E-state index in [0.29, 0.717) is 35.3 Å². The average Bonchev–Trinajstić information content (AvgIpc) is 2.61. The maximum atomic E-state index is 12.5. The number of benzene rings is 1. The molecule has 1 heterocycles. The minimum atomic E-state index is -0.110. The number of anilines is 1. The number of nitrogens with one attached hydrogen (secondary N) is 2. The first-order valence-electron chi connectivity index (χ1n) is 8.82. The van der Waals surface area contributed by atoms with Gasteiger partial charge in [-0.05, 0) is 56.0 Å². The minimum absolute atomic E-state index is 0. The molecule has 1 saturated heterocycles. The van der Waals surface area contributed by atoms with Crippen LogP contribution in [0.25, 0.3) is 0 Å². The summed E-state index contributed by atoms with van der Waals surface area (Å²) < 4.78 is 5.31. The van der Waals surface area contributed by atoms with Gasteiger partial charge < -0.3 is 20.3 Å². The summed E-state index contributed by atoms with van der Waals surface area (Å²) in [6, 6.07) is 5.09. The first-order chi connectivity index (χ1) is 11.9. The van der Waals surface area contributed by atoms with E-state index >= 15 is 0 Å². The van der Waals surface area contributed by atoms with Crippen molar-refractivity contribution in [2.24, 2.45) is 11.8 Å². The highest BCUT2D eigenvalue weighted by Gasteiger charge is 2.22. The average molecular weight is 384 g/mol. The van der Waals surface area contributed by atoms with Crippen molar-refractivity contribution >= 4 is 29.9 Å². The summed E-state index contributed by atoms with van der Waals surface area (Å²) in [5.41, 5.74) is 1.06. The number of piperidine rings is 1. The second-order valence-electron chi connectivity index (χ2n) is 6.93. The number of methoxy groups -OCH3 is 1. The van der Waals surface area contributed by atoms with Crippen LogP contribution in [0.4, 0.5) is 5.69 Å². The fourth-order valence-corrected chi connectivity index (χ4v) is 3.27. The zero-order chi connectivity index (χ0) is 18.4. The quantitative estimate of drug-likeness (QED) is 0.792. The molecule has 1 aromatic carbocycles. The Morgan fingerprint density at radius 2 is 1.96 bits per heavy atom. The number of carbonyl (C=O) groups excluding carboxylic acids is 2. The Labute approximate surface area is 162 Å². The predicted molar refractivity (Wildman–Crippen MR) is 106 cm³/mol. The van der Waals surface area contributed by atoms with Crippen molar-refractivity contribution in [2.75, 3.05) is 39.6 Å². The van der Waals surface area contributed by atoms with Crippen LogP contribution < -0.4 is 15.4 Å². The van der Waals surface area contributed by atoms with Gasteiger partial charge in [0.15, 0.2) is 0 Å². The van der Waals surface area contributed by atoms with Gasteiger partial charge in [0, 0.05) is 26.1 Å². The van der Waals surface area contributed by atoms with Crippen molar-refractivity contribution in [2.45, 2.75) is 26.2 Å². The van der Waals surface area contributed by atoms with Crippen LogP contribution >= 0.6 is 12.4 Å². The van der Waals surface area contributed by atoms with E-state index in [0.717, 1.165) is 25.9 Å². The molecule has 2 amide bonds. The van der Waals surface area contributed by atoms with Gasteiger partial charge >= 0.3 is 0 Å². The highest BCUT2D eigenvalue weighted by molar-refractivity contribution is 5.98. The highest BCUT2D eigenvalue weighted by atomic mass is 35.5. The molecular weight excluding hydrogens is 354 g/mol. The molecule has 1 unspecified atom stereocenters. The van der Waals surface area contributed by atoms with Crippen LogP contribution in [0, 0.1) is 11.8 Å². The van der Waals surface area contributed by atoms with E-state index in [9.17, 15) is 9.59 Å². The summed E-state index contributed by atoms with van der Waals surface area (Å²) in [5.74, 6) is 1.31. The summed E-state index contributed by atoms with van der Waals surface area (Å²) in [6.45, 7) is 4.19. The van der Waals surface area contributed by atoms with Gasteiger partial charge in [0.05, 0.1) is 12.8 Å². The Morgan fingerprint density at radius 1 is 1.31 bits per heavy atom. The number of hydrogen-bond donors (Lipinski definition) is 2. The van der Waals surface area contributed by atoms with E-state index < -0.39 is 0 Å². The molecule has 1 aliphatic rings. The second-order valence-corrected chi connectivity index (χ2v) is 6.93. The normalized spacial score (nSPS) is 15.5. The van der Waals surface area contributed by atoms with Crippen LogP contribution in [0.5, 0.6) is 5.75 Å². The van der Waals surface area contributed by atoms with Gasteiger partial charge in [0.2, 0.25) is 5.91 Å². The molecule has 0 spiro atoms. The maximum absolute atomic E-state index is 12.5. The summed E-state index contributed by atoms with van der Waals surface area (Å²) in [6.07, 6.45) is 2.70. The second kappa shape index (κ2) is 10.4. The molecule has 6 nitrogen and oxygen atoms in total. The maximum Gasteiger partial charge on any atom is 0.253 e. The zero-order valence-electron chi connectivity index (χ0n) is 16.0. The Hall–Kier alpha value is -1.79. The number of nitrogens with zero attached hydrogens (tertiary/aromatic N) is 1. The molecule has 0 saturated carbocycles. The van der Waals surface area contributed by atoms with Crippen LogP contribution in [-0.4, -0.2) is 51.0 Å². The number of amides is 2. The molecule has 0 bridgehead atoms. The number of hydrogen-bond acceptors (Lipinski definition) is 4. The number of carbonyl (C=O) groups is 2. The summed E-state index contributed by atoms with van der Waals surface area (Å²) in [4.78, 5) is 26.1. The molecule has 1 atom stereocenters. The lowest BCUT2D eigenvalue weighted by Crippen LogP contribution is -2.32. The topological polar surface area (TPSA) is 70.7 Å².